The van der Waals surface area contributed by atoms with Gasteiger partial charge in [0.25, 0.3) is 0 Å². The van der Waals surface area contributed by atoms with Crippen LogP contribution in [0.2, 0.25) is 0 Å². The monoisotopic (exact) mass is 350 g/mol. The van der Waals surface area contributed by atoms with E-state index in [0.29, 0.717) is 6.54 Å². The summed E-state index contributed by atoms with van der Waals surface area (Å²) in [5.74, 6) is 0.924. The highest BCUT2D eigenvalue weighted by atomic mass is 32.1. The summed E-state index contributed by atoms with van der Waals surface area (Å²) >= 11 is 1.63. The highest BCUT2D eigenvalue weighted by Gasteiger charge is 2.12. The maximum atomic E-state index is 12.4. The molecule has 126 valence electrons. The number of likely N-dealkylation sites (N-methyl/N-ethyl adjacent to an activating group) is 1. The summed E-state index contributed by atoms with van der Waals surface area (Å²) in [4.78, 5) is 18.6. The van der Waals surface area contributed by atoms with E-state index in [1.165, 1.54) is 5.56 Å². The van der Waals surface area contributed by atoms with Crippen LogP contribution >= 0.6 is 11.3 Å². The molecule has 1 amide bonds. The van der Waals surface area contributed by atoms with Crippen molar-refractivity contribution < 1.29 is 9.53 Å². The van der Waals surface area contributed by atoms with E-state index in [1.54, 1.807) is 29.4 Å². The van der Waals surface area contributed by atoms with Gasteiger partial charge >= 0.3 is 0 Å². The number of aromatic nitrogens is 1. The molecule has 0 N–H and O–H groups in total. The van der Waals surface area contributed by atoms with Gasteiger partial charge in [0.05, 0.1) is 23.4 Å². The SMILES string of the molecule is CN(Cc1nc2ccccc2s1)C(=O)/C=C/c1ccc2c(c1)CCO2. The molecular formula is C20H18N2O2S. The maximum Gasteiger partial charge on any atom is 0.246 e. The van der Waals surface area contributed by atoms with E-state index in [0.717, 1.165) is 39.6 Å². The summed E-state index contributed by atoms with van der Waals surface area (Å²) in [6.07, 6.45) is 4.41. The van der Waals surface area contributed by atoms with Gasteiger partial charge in [-0.1, -0.05) is 18.2 Å². The second kappa shape index (κ2) is 6.69. The van der Waals surface area contributed by atoms with Gasteiger partial charge in [-0.05, 0) is 41.5 Å². The number of thiazole rings is 1. The average Bonchev–Trinajstić information content (AvgIpc) is 3.24. The van der Waals surface area contributed by atoms with E-state index in [-0.39, 0.29) is 5.91 Å². The number of benzene rings is 2. The van der Waals surface area contributed by atoms with Gasteiger partial charge in [-0.25, -0.2) is 4.98 Å². The zero-order valence-corrected chi connectivity index (χ0v) is 14.8. The van der Waals surface area contributed by atoms with E-state index in [2.05, 4.69) is 17.1 Å². The molecule has 0 spiro atoms. The van der Waals surface area contributed by atoms with Gasteiger partial charge in [-0.2, -0.15) is 0 Å². The quantitative estimate of drug-likeness (QED) is 0.670. The maximum absolute atomic E-state index is 12.4. The van der Waals surface area contributed by atoms with Crippen LogP contribution in [0.5, 0.6) is 5.75 Å². The number of ether oxygens (including phenoxy) is 1. The van der Waals surface area contributed by atoms with Gasteiger partial charge in [0, 0.05) is 19.5 Å². The van der Waals surface area contributed by atoms with E-state index in [1.807, 2.05) is 36.4 Å². The summed E-state index contributed by atoms with van der Waals surface area (Å²) in [7, 11) is 1.80. The second-order valence-electron chi connectivity index (χ2n) is 6.07. The van der Waals surface area contributed by atoms with Gasteiger partial charge in [-0.3, -0.25) is 4.79 Å². The fraction of sp³-hybridized carbons (Fsp3) is 0.200. The summed E-state index contributed by atoms with van der Waals surface area (Å²) in [6, 6.07) is 14.1. The number of hydrogen-bond donors (Lipinski definition) is 0. The minimum Gasteiger partial charge on any atom is -0.493 e. The fourth-order valence-corrected chi connectivity index (χ4v) is 3.89. The van der Waals surface area contributed by atoms with E-state index >= 15 is 0 Å². The molecule has 0 unspecified atom stereocenters. The first-order chi connectivity index (χ1) is 12.2. The smallest absolute Gasteiger partial charge is 0.246 e. The number of carbonyl (C=O) groups excluding carboxylic acids is 1. The predicted molar refractivity (Wildman–Crippen MR) is 101 cm³/mol. The summed E-state index contributed by atoms with van der Waals surface area (Å²) < 4.78 is 6.65. The lowest BCUT2D eigenvalue weighted by Crippen LogP contribution is -2.23. The molecule has 1 aromatic heterocycles. The molecule has 25 heavy (non-hydrogen) atoms. The van der Waals surface area contributed by atoms with Crippen molar-refractivity contribution in [3.05, 3.63) is 64.7 Å². The van der Waals surface area contributed by atoms with Crippen molar-refractivity contribution in [2.24, 2.45) is 0 Å². The first-order valence-corrected chi connectivity index (χ1v) is 9.04. The molecule has 2 aromatic carbocycles. The molecule has 0 saturated carbocycles. The third-order valence-corrected chi connectivity index (χ3v) is 5.24. The summed E-state index contributed by atoms with van der Waals surface area (Å²) in [5, 5.41) is 0.945. The number of nitrogens with zero attached hydrogens (tertiary/aromatic N) is 2. The fourth-order valence-electron chi connectivity index (χ4n) is 2.87. The van der Waals surface area contributed by atoms with Crippen LogP contribution in [-0.4, -0.2) is 29.4 Å². The Morgan fingerprint density at radius 3 is 3.08 bits per heavy atom. The second-order valence-corrected chi connectivity index (χ2v) is 7.18. The van der Waals surface area contributed by atoms with Gasteiger partial charge < -0.3 is 9.64 Å². The van der Waals surface area contributed by atoms with Gasteiger partial charge in [-0.15, -0.1) is 11.3 Å². The highest BCUT2D eigenvalue weighted by Crippen LogP contribution is 2.26. The van der Waals surface area contributed by atoms with Crippen LogP contribution in [0.25, 0.3) is 16.3 Å². The minimum absolute atomic E-state index is 0.0315. The first kappa shape index (κ1) is 15.8. The first-order valence-electron chi connectivity index (χ1n) is 8.22. The number of fused-ring (bicyclic) bond motifs is 2. The van der Waals surface area contributed by atoms with Gasteiger partial charge in [0.2, 0.25) is 5.91 Å². The lowest BCUT2D eigenvalue weighted by atomic mass is 10.1. The van der Waals surface area contributed by atoms with Crippen molar-refractivity contribution >= 4 is 33.5 Å². The van der Waals surface area contributed by atoms with Crippen LogP contribution < -0.4 is 4.74 Å². The van der Waals surface area contributed by atoms with Gasteiger partial charge in [0.1, 0.15) is 10.8 Å². The third kappa shape index (κ3) is 3.42. The number of amides is 1. The largest absolute Gasteiger partial charge is 0.493 e. The number of carbonyl (C=O) groups is 1. The third-order valence-electron chi connectivity index (χ3n) is 4.22. The summed E-state index contributed by atoms with van der Waals surface area (Å²) in [5.41, 5.74) is 3.21. The zero-order chi connectivity index (χ0) is 17.2. The van der Waals surface area contributed by atoms with Crippen LogP contribution in [0.3, 0.4) is 0 Å². The van der Waals surface area contributed by atoms with Crippen molar-refractivity contribution in [1.29, 1.82) is 0 Å². The molecule has 0 bridgehead atoms. The lowest BCUT2D eigenvalue weighted by Gasteiger charge is -2.12. The molecule has 5 heteroatoms. The van der Waals surface area contributed by atoms with Crippen molar-refractivity contribution in [1.82, 2.24) is 9.88 Å². The Morgan fingerprint density at radius 1 is 1.32 bits per heavy atom. The Bertz CT molecular complexity index is 928. The number of rotatable bonds is 4. The normalized spacial score (nSPS) is 13.2. The zero-order valence-electron chi connectivity index (χ0n) is 13.9. The molecule has 4 nitrogen and oxygen atoms in total. The minimum atomic E-state index is -0.0315. The standard InChI is InChI=1S/C20H18N2O2S/c1-22(13-19-21-16-4-2-3-5-18(16)25-19)20(23)9-7-14-6-8-17-15(12-14)10-11-24-17/h2-9,12H,10-11,13H2,1H3/b9-7+. The van der Waals surface area contributed by atoms with Crippen molar-refractivity contribution in [2.75, 3.05) is 13.7 Å². The van der Waals surface area contributed by atoms with E-state index in [4.69, 9.17) is 4.74 Å². The molecule has 1 aliphatic rings. The Kier molecular flexibility index (Phi) is 4.24. The molecule has 0 fully saturated rings. The Morgan fingerprint density at radius 2 is 2.20 bits per heavy atom. The Labute approximate surface area is 150 Å². The van der Waals surface area contributed by atoms with Crippen LogP contribution in [0.4, 0.5) is 0 Å². The van der Waals surface area contributed by atoms with Crippen molar-refractivity contribution in [2.45, 2.75) is 13.0 Å². The van der Waals surface area contributed by atoms with Crippen LogP contribution in [-0.2, 0) is 17.8 Å². The Balaban J connectivity index is 1.43. The molecule has 0 atom stereocenters. The number of hydrogen-bond acceptors (Lipinski definition) is 4. The van der Waals surface area contributed by atoms with E-state index in [9.17, 15) is 4.79 Å². The van der Waals surface area contributed by atoms with Gasteiger partial charge in [0.15, 0.2) is 0 Å². The molecule has 0 saturated heterocycles. The molecule has 0 radical (unpaired) electrons. The molecule has 2 heterocycles. The molecule has 3 aromatic rings. The van der Waals surface area contributed by atoms with Crippen molar-refractivity contribution in [3.63, 3.8) is 0 Å². The summed E-state index contributed by atoms with van der Waals surface area (Å²) in [6.45, 7) is 1.26. The lowest BCUT2D eigenvalue weighted by molar-refractivity contribution is -0.125. The Hall–Kier alpha value is -2.66. The molecule has 4 rings (SSSR count). The molecule has 0 aliphatic carbocycles. The van der Waals surface area contributed by atoms with Crippen LogP contribution in [0.15, 0.2) is 48.5 Å². The highest BCUT2D eigenvalue weighted by molar-refractivity contribution is 7.18. The topological polar surface area (TPSA) is 42.4 Å². The van der Waals surface area contributed by atoms with Crippen LogP contribution in [0.1, 0.15) is 16.1 Å². The van der Waals surface area contributed by atoms with Crippen LogP contribution in [0, 0.1) is 0 Å². The van der Waals surface area contributed by atoms with Crippen molar-refractivity contribution in [3.8, 4) is 5.75 Å². The molecular weight excluding hydrogens is 332 g/mol. The predicted octanol–water partition coefficient (Wildman–Crippen LogP) is 3.90. The average molecular weight is 350 g/mol. The molecule has 1 aliphatic heterocycles. The van der Waals surface area contributed by atoms with E-state index < -0.39 is 0 Å². The number of para-hydroxylation sites is 1.